The van der Waals surface area contributed by atoms with Crippen LogP contribution in [0, 0.1) is 20.8 Å². The van der Waals surface area contributed by atoms with Gasteiger partial charge in [-0.25, -0.2) is 0 Å². The van der Waals surface area contributed by atoms with Crippen LogP contribution < -0.4 is 5.32 Å². The number of para-hydroxylation sites is 1. The normalized spacial score (nSPS) is 10.7. The van der Waals surface area contributed by atoms with Crippen LogP contribution in [0.25, 0.3) is 0 Å². The van der Waals surface area contributed by atoms with Crippen LogP contribution in [0.3, 0.4) is 0 Å². The van der Waals surface area contributed by atoms with E-state index in [1.807, 2.05) is 44.2 Å². The van der Waals surface area contributed by atoms with E-state index in [-0.39, 0.29) is 18.4 Å². The summed E-state index contributed by atoms with van der Waals surface area (Å²) >= 11 is 1.54. The molecule has 2 amide bonds. The third kappa shape index (κ3) is 5.48. The summed E-state index contributed by atoms with van der Waals surface area (Å²) in [6.45, 7) is 5.63. The highest BCUT2D eigenvalue weighted by atomic mass is 32.2. The van der Waals surface area contributed by atoms with Crippen LogP contribution in [-0.2, 0) is 10.5 Å². The van der Waals surface area contributed by atoms with Crippen LogP contribution in [-0.4, -0.2) is 40.4 Å². The molecule has 0 aliphatic rings. The Morgan fingerprint density at radius 2 is 1.73 bits per heavy atom. The van der Waals surface area contributed by atoms with Crippen molar-refractivity contribution >= 4 is 29.3 Å². The summed E-state index contributed by atoms with van der Waals surface area (Å²) in [5.74, 6) is 1.29. The monoisotopic (exact) mass is 424 g/mol. The molecule has 0 saturated heterocycles. The molecule has 30 heavy (non-hydrogen) atoms. The molecular formula is C22H24N4O3S. The average molecular weight is 425 g/mol. The van der Waals surface area contributed by atoms with Gasteiger partial charge in [-0.3, -0.25) is 9.59 Å². The minimum absolute atomic E-state index is 0.0282. The van der Waals surface area contributed by atoms with Gasteiger partial charge in [0, 0.05) is 23.2 Å². The molecule has 0 unspecified atom stereocenters. The molecule has 0 aliphatic heterocycles. The minimum Gasteiger partial charge on any atom is -0.338 e. The van der Waals surface area contributed by atoms with Gasteiger partial charge in [0.15, 0.2) is 5.82 Å². The summed E-state index contributed by atoms with van der Waals surface area (Å²) < 4.78 is 5.09. The molecule has 1 N–H and O–H groups in total. The summed E-state index contributed by atoms with van der Waals surface area (Å²) in [6, 6.07) is 13.1. The van der Waals surface area contributed by atoms with Crippen molar-refractivity contribution in [2.45, 2.75) is 31.4 Å². The maximum absolute atomic E-state index is 12.7. The number of rotatable bonds is 7. The van der Waals surface area contributed by atoms with Gasteiger partial charge in [-0.15, -0.1) is 11.8 Å². The second kappa shape index (κ2) is 9.58. The Morgan fingerprint density at radius 3 is 2.33 bits per heavy atom. The number of carbonyl (C=O) groups excluding carboxylic acids is 2. The fourth-order valence-corrected chi connectivity index (χ4v) is 3.67. The largest absolute Gasteiger partial charge is 0.338 e. The van der Waals surface area contributed by atoms with Gasteiger partial charge in [-0.05, 0) is 56.2 Å². The molecule has 0 saturated carbocycles. The van der Waals surface area contributed by atoms with Gasteiger partial charge in [0.05, 0.1) is 12.3 Å². The molecule has 0 spiro atoms. The van der Waals surface area contributed by atoms with E-state index in [1.54, 1.807) is 37.9 Å². The minimum atomic E-state index is -0.231. The number of benzene rings is 2. The molecule has 0 radical (unpaired) electrons. The van der Waals surface area contributed by atoms with E-state index in [1.165, 1.54) is 4.90 Å². The SMILES string of the molecule is Cc1noc(CSc2ccc(C(=O)N(C)CC(=O)Nc3c(C)cccc3C)cc2)n1. The highest BCUT2D eigenvalue weighted by Gasteiger charge is 2.16. The zero-order chi connectivity index (χ0) is 21.7. The second-order valence-corrected chi connectivity index (χ2v) is 8.07. The van der Waals surface area contributed by atoms with Crippen molar-refractivity contribution in [3.63, 3.8) is 0 Å². The Balaban J connectivity index is 1.55. The van der Waals surface area contributed by atoms with Crippen molar-refractivity contribution in [3.8, 4) is 0 Å². The van der Waals surface area contributed by atoms with Gasteiger partial charge < -0.3 is 14.7 Å². The van der Waals surface area contributed by atoms with Crippen LogP contribution in [0.1, 0.15) is 33.2 Å². The number of carbonyl (C=O) groups is 2. The van der Waals surface area contributed by atoms with Gasteiger partial charge in [0.2, 0.25) is 11.8 Å². The Kier molecular flexibility index (Phi) is 6.89. The number of hydrogen-bond donors (Lipinski definition) is 1. The standard InChI is InChI=1S/C22H24N4O3S/c1-14-6-5-7-15(2)21(14)24-19(27)12-26(4)22(28)17-8-10-18(11-9-17)30-13-20-23-16(3)25-29-20/h5-11H,12-13H2,1-4H3,(H,24,27). The van der Waals surface area contributed by atoms with Gasteiger partial charge in [0.25, 0.3) is 5.91 Å². The number of aromatic nitrogens is 2. The summed E-state index contributed by atoms with van der Waals surface area (Å²) in [5, 5.41) is 6.67. The zero-order valence-corrected chi connectivity index (χ0v) is 18.2. The van der Waals surface area contributed by atoms with E-state index >= 15 is 0 Å². The van der Waals surface area contributed by atoms with Crippen LogP contribution in [0.5, 0.6) is 0 Å². The Morgan fingerprint density at radius 1 is 1.07 bits per heavy atom. The van der Waals surface area contributed by atoms with Crippen molar-refractivity contribution in [1.82, 2.24) is 15.0 Å². The summed E-state index contributed by atoms with van der Waals surface area (Å²) in [6.07, 6.45) is 0. The molecular weight excluding hydrogens is 400 g/mol. The first-order chi connectivity index (χ1) is 14.3. The maximum atomic E-state index is 12.7. The molecule has 1 aromatic heterocycles. The third-order valence-corrected chi connectivity index (χ3v) is 5.50. The van der Waals surface area contributed by atoms with E-state index in [9.17, 15) is 9.59 Å². The zero-order valence-electron chi connectivity index (χ0n) is 17.4. The number of hydrogen-bond acceptors (Lipinski definition) is 6. The first-order valence-electron chi connectivity index (χ1n) is 9.47. The van der Waals surface area contributed by atoms with Gasteiger partial charge >= 0.3 is 0 Å². The molecule has 1 heterocycles. The van der Waals surface area contributed by atoms with Gasteiger partial charge in [0.1, 0.15) is 0 Å². The molecule has 0 bridgehead atoms. The number of thioether (sulfide) groups is 1. The Bertz CT molecular complexity index is 1030. The van der Waals surface area contributed by atoms with Crippen molar-refractivity contribution in [1.29, 1.82) is 0 Å². The maximum Gasteiger partial charge on any atom is 0.254 e. The summed E-state index contributed by atoms with van der Waals surface area (Å²) in [4.78, 5) is 31.6. The predicted octanol–water partition coefficient (Wildman–Crippen LogP) is 4.00. The lowest BCUT2D eigenvalue weighted by Gasteiger charge is -2.18. The smallest absolute Gasteiger partial charge is 0.254 e. The number of aryl methyl sites for hydroxylation is 3. The van der Waals surface area contributed by atoms with Crippen molar-refractivity contribution in [3.05, 3.63) is 70.9 Å². The highest BCUT2D eigenvalue weighted by molar-refractivity contribution is 7.98. The molecule has 156 valence electrons. The lowest BCUT2D eigenvalue weighted by Crippen LogP contribution is -2.35. The van der Waals surface area contributed by atoms with E-state index in [4.69, 9.17) is 4.52 Å². The molecule has 0 atom stereocenters. The van der Waals surface area contributed by atoms with Crippen molar-refractivity contribution < 1.29 is 14.1 Å². The molecule has 2 aromatic carbocycles. The molecule has 8 heteroatoms. The molecule has 0 aliphatic carbocycles. The molecule has 0 fully saturated rings. The molecule has 7 nitrogen and oxygen atoms in total. The first-order valence-corrected chi connectivity index (χ1v) is 10.5. The van der Waals surface area contributed by atoms with Crippen LogP contribution >= 0.6 is 11.8 Å². The number of likely N-dealkylation sites (N-methyl/N-ethyl adjacent to an activating group) is 1. The predicted molar refractivity (Wildman–Crippen MR) is 117 cm³/mol. The van der Waals surface area contributed by atoms with Crippen molar-refractivity contribution in [2.24, 2.45) is 0 Å². The summed E-state index contributed by atoms with van der Waals surface area (Å²) in [5.41, 5.74) is 3.29. The topological polar surface area (TPSA) is 88.3 Å². The van der Waals surface area contributed by atoms with E-state index < -0.39 is 0 Å². The molecule has 3 rings (SSSR count). The van der Waals surface area contributed by atoms with E-state index in [0.717, 1.165) is 21.7 Å². The van der Waals surface area contributed by atoms with Crippen molar-refractivity contribution in [2.75, 3.05) is 18.9 Å². The third-order valence-electron chi connectivity index (χ3n) is 4.51. The van der Waals surface area contributed by atoms with Crippen LogP contribution in [0.4, 0.5) is 5.69 Å². The number of nitrogens with zero attached hydrogens (tertiary/aromatic N) is 3. The van der Waals surface area contributed by atoms with Gasteiger partial charge in [-0.2, -0.15) is 4.98 Å². The lowest BCUT2D eigenvalue weighted by molar-refractivity contribution is -0.116. The lowest BCUT2D eigenvalue weighted by atomic mass is 10.1. The van der Waals surface area contributed by atoms with Crippen LogP contribution in [0.15, 0.2) is 51.9 Å². The van der Waals surface area contributed by atoms with Crippen LogP contribution in [0.2, 0.25) is 0 Å². The number of anilines is 1. The van der Waals surface area contributed by atoms with E-state index in [2.05, 4.69) is 15.5 Å². The highest BCUT2D eigenvalue weighted by Crippen LogP contribution is 2.23. The fraction of sp³-hybridized carbons (Fsp3) is 0.273. The summed E-state index contributed by atoms with van der Waals surface area (Å²) in [7, 11) is 1.62. The number of nitrogens with one attached hydrogen (secondary N) is 1. The number of amides is 2. The Labute approximate surface area is 179 Å². The second-order valence-electron chi connectivity index (χ2n) is 7.02. The quantitative estimate of drug-likeness (QED) is 0.577. The Hall–Kier alpha value is -3.13. The van der Waals surface area contributed by atoms with Gasteiger partial charge in [-0.1, -0.05) is 23.4 Å². The molecule has 3 aromatic rings. The first kappa shape index (κ1) is 21.6. The average Bonchev–Trinajstić information content (AvgIpc) is 3.14. The fourth-order valence-electron chi connectivity index (χ4n) is 2.94. The van der Waals surface area contributed by atoms with E-state index in [0.29, 0.717) is 23.0 Å².